The zero-order valence-corrected chi connectivity index (χ0v) is 7.56. The van der Waals surface area contributed by atoms with Crippen LogP contribution in [-0.4, -0.2) is 34.6 Å². The standard InChI is InChI=1S/C8H11N3O2/c1-6-9-3-7(4-10-6)11(2)5-8(12)13/h3-4H,5H2,1-2H3,(H,12,13). The van der Waals surface area contributed by atoms with Crippen LogP contribution in [0.15, 0.2) is 12.4 Å². The zero-order chi connectivity index (χ0) is 9.84. The van der Waals surface area contributed by atoms with Crippen molar-refractivity contribution < 1.29 is 9.90 Å². The average molecular weight is 181 g/mol. The summed E-state index contributed by atoms with van der Waals surface area (Å²) in [7, 11) is 1.68. The topological polar surface area (TPSA) is 66.3 Å². The number of aromatic nitrogens is 2. The van der Waals surface area contributed by atoms with Gasteiger partial charge in [-0.05, 0) is 6.92 Å². The molecule has 0 amide bonds. The van der Waals surface area contributed by atoms with Crippen molar-refractivity contribution in [3.05, 3.63) is 18.2 Å². The lowest BCUT2D eigenvalue weighted by Crippen LogP contribution is -2.25. The molecule has 1 heterocycles. The van der Waals surface area contributed by atoms with Gasteiger partial charge in [-0.2, -0.15) is 0 Å². The molecule has 1 aromatic heterocycles. The molecule has 0 aliphatic rings. The van der Waals surface area contributed by atoms with Gasteiger partial charge in [0.25, 0.3) is 0 Å². The number of carboxylic acids is 1. The molecule has 70 valence electrons. The maximum Gasteiger partial charge on any atom is 0.323 e. The van der Waals surface area contributed by atoms with Crippen LogP contribution in [0.2, 0.25) is 0 Å². The minimum absolute atomic E-state index is 0.0492. The summed E-state index contributed by atoms with van der Waals surface area (Å²) in [4.78, 5) is 19.9. The van der Waals surface area contributed by atoms with Gasteiger partial charge in [0.2, 0.25) is 0 Å². The fraction of sp³-hybridized carbons (Fsp3) is 0.375. The highest BCUT2D eigenvalue weighted by molar-refractivity contribution is 5.73. The molecule has 0 fully saturated rings. The lowest BCUT2D eigenvalue weighted by molar-refractivity contribution is -0.135. The second-order valence-electron chi connectivity index (χ2n) is 2.74. The van der Waals surface area contributed by atoms with E-state index >= 15 is 0 Å². The molecule has 13 heavy (non-hydrogen) atoms. The van der Waals surface area contributed by atoms with Gasteiger partial charge in [0.1, 0.15) is 12.4 Å². The Kier molecular flexibility index (Phi) is 2.79. The summed E-state index contributed by atoms with van der Waals surface area (Å²) in [5, 5.41) is 8.52. The third-order valence-electron chi connectivity index (χ3n) is 1.58. The predicted octanol–water partition coefficient (Wildman–Crippen LogP) is 0.306. The van der Waals surface area contributed by atoms with Crippen molar-refractivity contribution in [1.82, 2.24) is 9.97 Å². The number of hydrogen-bond donors (Lipinski definition) is 1. The summed E-state index contributed by atoms with van der Waals surface area (Å²) in [6.45, 7) is 1.73. The highest BCUT2D eigenvalue weighted by Crippen LogP contribution is 2.07. The Hall–Kier alpha value is -1.65. The van der Waals surface area contributed by atoms with Crippen LogP contribution in [0, 0.1) is 6.92 Å². The molecule has 1 aromatic rings. The van der Waals surface area contributed by atoms with Crippen LogP contribution in [-0.2, 0) is 4.79 Å². The normalized spacial score (nSPS) is 9.69. The van der Waals surface area contributed by atoms with E-state index in [0.29, 0.717) is 11.5 Å². The maximum atomic E-state index is 10.4. The third kappa shape index (κ3) is 2.70. The van der Waals surface area contributed by atoms with E-state index in [4.69, 9.17) is 5.11 Å². The average Bonchev–Trinajstić information content (AvgIpc) is 2.04. The van der Waals surface area contributed by atoms with Crippen molar-refractivity contribution in [2.24, 2.45) is 0 Å². The summed E-state index contributed by atoms with van der Waals surface area (Å²) in [5.74, 6) is -0.199. The number of likely N-dealkylation sites (N-methyl/N-ethyl adjacent to an activating group) is 1. The summed E-state index contributed by atoms with van der Waals surface area (Å²) in [6, 6.07) is 0. The maximum absolute atomic E-state index is 10.4. The van der Waals surface area contributed by atoms with Gasteiger partial charge in [-0.25, -0.2) is 9.97 Å². The van der Waals surface area contributed by atoms with E-state index in [1.807, 2.05) is 0 Å². The molecular formula is C8H11N3O2. The zero-order valence-electron chi connectivity index (χ0n) is 7.56. The van der Waals surface area contributed by atoms with Crippen LogP contribution in [0.3, 0.4) is 0 Å². The molecule has 0 aliphatic carbocycles. The van der Waals surface area contributed by atoms with E-state index in [1.54, 1.807) is 31.3 Å². The van der Waals surface area contributed by atoms with Crippen LogP contribution in [0.1, 0.15) is 5.82 Å². The summed E-state index contributed by atoms with van der Waals surface area (Å²) < 4.78 is 0. The fourth-order valence-corrected chi connectivity index (χ4v) is 0.877. The number of aliphatic carboxylic acids is 1. The second kappa shape index (κ2) is 3.84. The molecule has 0 spiro atoms. The quantitative estimate of drug-likeness (QED) is 0.726. The van der Waals surface area contributed by atoms with Crippen molar-refractivity contribution in [2.75, 3.05) is 18.5 Å². The molecule has 0 radical (unpaired) electrons. The molecule has 0 saturated carbocycles. The lowest BCUT2D eigenvalue weighted by atomic mass is 10.4. The first-order valence-electron chi connectivity index (χ1n) is 3.81. The van der Waals surface area contributed by atoms with E-state index in [0.717, 1.165) is 0 Å². The molecule has 0 saturated heterocycles. The molecular weight excluding hydrogens is 170 g/mol. The minimum atomic E-state index is -0.872. The van der Waals surface area contributed by atoms with Crippen molar-refractivity contribution >= 4 is 11.7 Å². The van der Waals surface area contributed by atoms with E-state index in [-0.39, 0.29) is 6.54 Å². The summed E-state index contributed by atoms with van der Waals surface area (Å²) in [5.41, 5.74) is 0.702. The number of nitrogens with zero attached hydrogens (tertiary/aromatic N) is 3. The summed E-state index contributed by atoms with van der Waals surface area (Å²) in [6.07, 6.45) is 3.20. The number of anilines is 1. The van der Waals surface area contributed by atoms with Crippen molar-refractivity contribution in [3.63, 3.8) is 0 Å². The Bertz CT molecular complexity index is 297. The van der Waals surface area contributed by atoms with Crippen LogP contribution >= 0.6 is 0 Å². The van der Waals surface area contributed by atoms with Gasteiger partial charge in [-0.15, -0.1) is 0 Å². The SMILES string of the molecule is Cc1ncc(N(C)CC(=O)O)cn1. The Morgan fingerprint density at radius 2 is 2.08 bits per heavy atom. The van der Waals surface area contributed by atoms with E-state index in [1.165, 1.54) is 0 Å². The van der Waals surface area contributed by atoms with Crippen molar-refractivity contribution in [3.8, 4) is 0 Å². The molecule has 5 nitrogen and oxygen atoms in total. The van der Waals surface area contributed by atoms with Gasteiger partial charge in [0.05, 0.1) is 18.1 Å². The van der Waals surface area contributed by atoms with Gasteiger partial charge in [0, 0.05) is 7.05 Å². The van der Waals surface area contributed by atoms with E-state index in [9.17, 15) is 4.79 Å². The first-order chi connectivity index (χ1) is 6.09. The number of rotatable bonds is 3. The minimum Gasteiger partial charge on any atom is -0.480 e. The van der Waals surface area contributed by atoms with Crippen molar-refractivity contribution in [1.29, 1.82) is 0 Å². The molecule has 0 aromatic carbocycles. The number of carboxylic acid groups (broad SMARTS) is 1. The van der Waals surface area contributed by atoms with Gasteiger partial charge in [0.15, 0.2) is 0 Å². The molecule has 1 rings (SSSR count). The lowest BCUT2D eigenvalue weighted by Gasteiger charge is -2.15. The predicted molar refractivity (Wildman–Crippen MR) is 47.7 cm³/mol. The Morgan fingerprint density at radius 3 is 2.54 bits per heavy atom. The van der Waals surface area contributed by atoms with Crippen molar-refractivity contribution in [2.45, 2.75) is 6.92 Å². The first-order valence-corrected chi connectivity index (χ1v) is 3.81. The van der Waals surface area contributed by atoms with Gasteiger partial charge < -0.3 is 10.0 Å². The third-order valence-corrected chi connectivity index (χ3v) is 1.58. The highest BCUT2D eigenvalue weighted by atomic mass is 16.4. The van der Waals surface area contributed by atoms with Crippen LogP contribution in [0.5, 0.6) is 0 Å². The van der Waals surface area contributed by atoms with Gasteiger partial charge >= 0.3 is 5.97 Å². The fourth-order valence-electron chi connectivity index (χ4n) is 0.877. The number of carbonyl (C=O) groups is 1. The number of hydrogen-bond acceptors (Lipinski definition) is 4. The molecule has 5 heteroatoms. The molecule has 0 bridgehead atoms. The molecule has 1 N–H and O–H groups in total. The Balaban J connectivity index is 2.71. The first kappa shape index (κ1) is 9.44. The van der Waals surface area contributed by atoms with Gasteiger partial charge in [-0.1, -0.05) is 0 Å². The summed E-state index contributed by atoms with van der Waals surface area (Å²) >= 11 is 0. The monoisotopic (exact) mass is 181 g/mol. The molecule has 0 unspecified atom stereocenters. The Labute approximate surface area is 76.0 Å². The van der Waals surface area contributed by atoms with Gasteiger partial charge in [-0.3, -0.25) is 4.79 Å². The number of aryl methyl sites for hydroxylation is 1. The smallest absolute Gasteiger partial charge is 0.323 e. The highest BCUT2D eigenvalue weighted by Gasteiger charge is 2.05. The molecule has 0 atom stereocenters. The second-order valence-corrected chi connectivity index (χ2v) is 2.74. The van der Waals surface area contributed by atoms with Crippen LogP contribution < -0.4 is 4.90 Å². The van der Waals surface area contributed by atoms with Crippen LogP contribution in [0.25, 0.3) is 0 Å². The largest absolute Gasteiger partial charge is 0.480 e. The van der Waals surface area contributed by atoms with E-state index in [2.05, 4.69) is 9.97 Å². The molecule has 0 aliphatic heterocycles. The van der Waals surface area contributed by atoms with Crippen LogP contribution in [0.4, 0.5) is 5.69 Å². The Morgan fingerprint density at radius 1 is 1.54 bits per heavy atom. The van der Waals surface area contributed by atoms with E-state index < -0.39 is 5.97 Å².